The summed E-state index contributed by atoms with van der Waals surface area (Å²) in [7, 11) is 1.66. The van der Waals surface area contributed by atoms with Crippen molar-refractivity contribution in [2.45, 2.75) is 39.3 Å². The van der Waals surface area contributed by atoms with E-state index in [4.69, 9.17) is 4.74 Å². The highest BCUT2D eigenvalue weighted by molar-refractivity contribution is 5.98. The monoisotopic (exact) mass is 426 g/mol. The first-order chi connectivity index (χ1) is 15.3. The van der Waals surface area contributed by atoms with E-state index in [9.17, 15) is 4.79 Å². The minimum Gasteiger partial charge on any atom is -0.497 e. The van der Waals surface area contributed by atoms with Crippen molar-refractivity contribution in [2.75, 3.05) is 7.11 Å². The molecule has 0 spiro atoms. The molecule has 0 aliphatic carbocycles. The van der Waals surface area contributed by atoms with Gasteiger partial charge in [0.2, 0.25) is 0 Å². The SMILES string of the molecule is COc1cccc(Cn2c(C(=O)NCc3ccc(C(C)(C)C)cc3)cc3ccccc32)c1. The van der Waals surface area contributed by atoms with Gasteiger partial charge in [-0.3, -0.25) is 4.79 Å². The molecule has 4 heteroatoms. The molecule has 0 fully saturated rings. The molecule has 0 aliphatic rings. The minimum absolute atomic E-state index is 0.0796. The molecule has 164 valence electrons. The zero-order chi connectivity index (χ0) is 22.7. The maximum atomic E-state index is 13.2. The van der Waals surface area contributed by atoms with Crippen LogP contribution < -0.4 is 10.1 Å². The van der Waals surface area contributed by atoms with Crippen molar-refractivity contribution in [3.05, 3.63) is 101 Å². The van der Waals surface area contributed by atoms with Crippen molar-refractivity contribution >= 4 is 16.8 Å². The summed E-state index contributed by atoms with van der Waals surface area (Å²) < 4.78 is 7.44. The summed E-state index contributed by atoms with van der Waals surface area (Å²) in [6.07, 6.45) is 0. The molecule has 0 atom stereocenters. The highest BCUT2D eigenvalue weighted by Crippen LogP contribution is 2.24. The van der Waals surface area contributed by atoms with Crippen molar-refractivity contribution < 1.29 is 9.53 Å². The lowest BCUT2D eigenvalue weighted by atomic mass is 9.87. The lowest BCUT2D eigenvalue weighted by molar-refractivity contribution is 0.0942. The molecule has 0 bridgehead atoms. The molecule has 0 aliphatic heterocycles. The maximum absolute atomic E-state index is 13.2. The summed E-state index contributed by atoms with van der Waals surface area (Å²) in [4.78, 5) is 13.2. The average Bonchev–Trinajstić information content (AvgIpc) is 3.16. The van der Waals surface area contributed by atoms with Gasteiger partial charge in [-0.1, -0.05) is 75.4 Å². The second kappa shape index (κ2) is 8.91. The first-order valence-electron chi connectivity index (χ1n) is 10.9. The topological polar surface area (TPSA) is 43.3 Å². The van der Waals surface area contributed by atoms with Gasteiger partial charge in [0, 0.05) is 24.0 Å². The van der Waals surface area contributed by atoms with Crippen molar-refractivity contribution in [2.24, 2.45) is 0 Å². The molecule has 3 aromatic carbocycles. The highest BCUT2D eigenvalue weighted by Gasteiger charge is 2.17. The second-order valence-corrected chi connectivity index (χ2v) is 9.16. The number of methoxy groups -OCH3 is 1. The van der Waals surface area contributed by atoms with Crippen LogP contribution in [0.4, 0.5) is 0 Å². The zero-order valence-electron chi connectivity index (χ0n) is 19.2. The van der Waals surface area contributed by atoms with Gasteiger partial charge in [-0.05, 0) is 46.4 Å². The molecule has 4 nitrogen and oxygen atoms in total. The molecular weight excluding hydrogens is 396 g/mol. The number of carbonyl (C=O) groups excluding carboxylic acids is 1. The van der Waals surface area contributed by atoms with Crippen molar-refractivity contribution in [3.8, 4) is 5.75 Å². The normalized spacial score (nSPS) is 11.5. The van der Waals surface area contributed by atoms with E-state index in [1.807, 2.05) is 42.5 Å². The Morgan fingerprint density at radius 3 is 2.38 bits per heavy atom. The third-order valence-corrected chi connectivity index (χ3v) is 5.79. The number of fused-ring (bicyclic) bond motifs is 1. The van der Waals surface area contributed by atoms with Crippen molar-refractivity contribution in [1.29, 1.82) is 0 Å². The van der Waals surface area contributed by atoms with Gasteiger partial charge in [0.1, 0.15) is 11.4 Å². The zero-order valence-corrected chi connectivity index (χ0v) is 19.2. The van der Waals surface area contributed by atoms with Crippen LogP contribution in [0.1, 0.15) is 48.0 Å². The summed E-state index contributed by atoms with van der Waals surface area (Å²) in [6.45, 7) is 7.68. The van der Waals surface area contributed by atoms with E-state index in [-0.39, 0.29) is 11.3 Å². The molecule has 1 aromatic heterocycles. The van der Waals surface area contributed by atoms with Crippen LogP contribution in [-0.2, 0) is 18.5 Å². The predicted molar refractivity (Wildman–Crippen MR) is 130 cm³/mol. The van der Waals surface area contributed by atoms with Gasteiger partial charge in [0.15, 0.2) is 0 Å². The van der Waals surface area contributed by atoms with Gasteiger partial charge >= 0.3 is 0 Å². The van der Waals surface area contributed by atoms with E-state index in [2.05, 4.69) is 67.1 Å². The number of para-hydroxylation sites is 1. The Kier molecular flexibility index (Phi) is 6.04. The number of carbonyl (C=O) groups is 1. The lowest BCUT2D eigenvalue weighted by Crippen LogP contribution is -2.25. The van der Waals surface area contributed by atoms with E-state index in [1.165, 1.54) is 5.56 Å². The summed E-state index contributed by atoms with van der Waals surface area (Å²) in [6, 6.07) is 26.5. The van der Waals surface area contributed by atoms with Gasteiger partial charge in [-0.15, -0.1) is 0 Å². The fourth-order valence-corrected chi connectivity index (χ4v) is 3.92. The maximum Gasteiger partial charge on any atom is 0.268 e. The van der Waals surface area contributed by atoms with Crippen LogP contribution in [0.3, 0.4) is 0 Å². The quantitative estimate of drug-likeness (QED) is 0.415. The molecule has 0 radical (unpaired) electrons. The number of ether oxygens (including phenoxy) is 1. The average molecular weight is 427 g/mol. The van der Waals surface area contributed by atoms with Crippen LogP contribution in [0.25, 0.3) is 10.9 Å². The third-order valence-electron chi connectivity index (χ3n) is 5.79. The third kappa shape index (κ3) is 4.70. The smallest absolute Gasteiger partial charge is 0.268 e. The van der Waals surface area contributed by atoms with E-state index in [0.29, 0.717) is 18.8 Å². The molecule has 1 heterocycles. The first-order valence-corrected chi connectivity index (χ1v) is 10.9. The van der Waals surface area contributed by atoms with E-state index in [0.717, 1.165) is 27.8 Å². The highest BCUT2D eigenvalue weighted by atomic mass is 16.5. The lowest BCUT2D eigenvalue weighted by Gasteiger charge is -2.19. The number of nitrogens with one attached hydrogen (secondary N) is 1. The Hall–Kier alpha value is -3.53. The Labute approximate surface area is 189 Å². The summed E-state index contributed by atoms with van der Waals surface area (Å²) in [5.74, 6) is 0.729. The second-order valence-electron chi connectivity index (χ2n) is 9.16. The molecule has 32 heavy (non-hydrogen) atoms. The van der Waals surface area contributed by atoms with Crippen molar-refractivity contribution in [3.63, 3.8) is 0 Å². The molecule has 0 saturated heterocycles. The largest absolute Gasteiger partial charge is 0.497 e. The summed E-state index contributed by atoms with van der Waals surface area (Å²) >= 11 is 0. The number of nitrogens with zero attached hydrogens (tertiary/aromatic N) is 1. The van der Waals surface area contributed by atoms with Crippen LogP contribution in [0.5, 0.6) is 5.75 Å². The van der Waals surface area contributed by atoms with Crippen LogP contribution in [0.15, 0.2) is 78.9 Å². The summed E-state index contributed by atoms with van der Waals surface area (Å²) in [5.41, 5.74) is 5.25. The van der Waals surface area contributed by atoms with Gasteiger partial charge in [0.25, 0.3) is 5.91 Å². The van der Waals surface area contributed by atoms with Crippen LogP contribution in [-0.4, -0.2) is 17.6 Å². The van der Waals surface area contributed by atoms with Crippen LogP contribution >= 0.6 is 0 Å². The fourth-order valence-electron chi connectivity index (χ4n) is 3.92. The first kappa shape index (κ1) is 21.7. The van der Waals surface area contributed by atoms with Gasteiger partial charge in [0.05, 0.1) is 7.11 Å². The number of amides is 1. The molecule has 4 aromatic rings. The molecule has 1 N–H and O–H groups in total. The van der Waals surface area contributed by atoms with Gasteiger partial charge in [-0.2, -0.15) is 0 Å². The fraction of sp³-hybridized carbons (Fsp3) is 0.250. The Balaban J connectivity index is 1.57. The summed E-state index contributed by atoms with van der Waals surface area (Å²) in [5, 5.41) is 4.15. The number of hydrogen-bond acceptors (Lipinski definition) is 2. The predicted octanol–water partition coefficient (Wildman–Crippen LogP) is 5.93. The standard InChI is InChI=1S/C28H30N2O2/c1-28(2,3)23-14-12-20(13-15-23)18-29-27(31)26-17-22-9-5-6-11-25(22)30(26)19-21-8-7-10-24(16-21)32-4/h5-17H,18-19H2,1-4H3,(H,29,31). The van der Waals surface area contributed by atoms with Crippen molar-refractivity contribution in [1.82, 2.24) is 9.88 Å². The van der Waals surface area contributed by atoms with E-state index < -0.39 is 0 Å². The van der Waals surface area contributed by atoms with Crippen LogP contribution in [0, 0.1) is 0 Å². The Bertz CT molecular complexity index is 1230. The Morgan fingerprint density at radius 2 is 1.66 bits per heavy atom. The molecular formula is C28H30N2O2. The number of rotatable bonds is 6. The molecule has 4 rings (SSSR count). The Morgan fingerprint density at radius 1 is 0.906 bits per heavy atom. The van der Waals surface area contributed by atoms with E-state index in [1.54, 1.807) is 7.11 Å². The molecule has 1 amide bonds. The van der Waals surface area contributed by atoms with Gasteiger partial charge < -0.3 is 14.6 Å². The minimum atomic E-state index is -0.0796. The number of hydrogen-bond donors (Lipinski definition) is 1. The van der Waals surface area contributed by atoms with Crippen LogP contribution in [0.2, 0.25) is 0 Å². The molecule has 0 saturated carbocycles. The van der Waals surface area contributed by atoms with E-state index >= 15 is 0 Å². The van der Waals surface area contributed by atoms with Gasteiger partial charge in [-0.25, -0.2) is 0 Å². The molecule has 0 unspecified atom stereocenters. The number of benzene rings is 3. The number of aromatic nitrogens is 1.